The maximum absolute atomic E-state index is 13.8. The minimum atomic E-state index is -0.234. The van der Waals surface area contributed by atoms with Gasteiger partial charge in [0.1, 0.15) is 34.5 Å². The summed E-state index contributed by atoms with van der Waals surface area (Å²) >= 11 is 0. The first-order chi connectivity index (χ1) is 19.0. The van der Waals surface area contributed by atoms with Gasteiger partial charge in [0.15, 0.2) is 5.52 Å². The van der Waals surface area contributed by atoms with Gasteiger partial charge in [0.25, 0.3) is 0 Å². The van der Waals surface area contributed by atoms with E-state index >= 15 is 0 Å². The monoisotopic (exact) mass is 539 g/mol. The van der Waals surface area contributed by atoms with E-state index in [1.165, 1.54) is 0 Å². The topological polar surface area (TPSA) is 44.8 Å². The second-order valence-electron chi connectivity index (χ2n) is 9.27. The molecule has 0 bridgehead atoms. The minimum absolute atomic E-state index is 0. The van der Waals surface area contributed by atoms with E-state index in [-0.39, 0.29) is 33.0 Å². The van der Waals surface area contributed by atoms with Crippen molar-refractivity contribution in [1.29, 1.82) is 0 Å². The van der Waals surface area contributed by atoms with E-state index in [1.807, 2.05) is 136 Å². The smallest absolute Gasteiger partial charge is 0.186 e. The van der Waals surface area contributed by atoms with Crippen LogP contribution in [0.4, 0.5) is 0 Å². The van der Waals surface area contributed by atoms with Crippen molar-refractivity contribution in [3.8, 4) is 34.5 Å². The second-order valence-corrected chi connectivity index (χ2v) is 10.5. The summed E-state index contributed by atoms with van der Waals surface area (Å²) in [5.74, 6) is 3.56. The van der Waals surface area contributed by atoms with Gasteiger partial charge in [-0.25, -0.2) is 0 Å². The van der Waals surface area contributed by atoms with Gasteiger partial charge in [-0.2, -0.15) is 0 Å². The Bertz CT molecular complexity index is 1500. The maximum Gasteiger partial charge on any atom is 0.186 e. The van der Waals surface area contributed by atoms with Crippen LogP contribution < -0.4 is 19.5 Å². The zero-order valence-corrected chi connectivity index (χ0v) is 24.1. The van der Waals surface area contributed by atoms with Gasteiger partial charge >= 0.3 is 0 Å². The first-order valence-electron chi connectivity index (χ1n) is 12.7. The van der Waals surface area contributed by atoms with E-state index in [0.717, 1.165) is 22.3 Å². The summed E-state index contributed by atoms with van der Waals surface area (Å²) in [5.41, 5.74) is 3.82. The van der Waals surface area contributed by atoms with Crippen molar-refractivity contribution >= 4 is 38.3 Å². The van der Waals surface area contributed by atoms with Crippen molar-refractivity contribution in [2.45, 2.75) is 20.8 Å². The van der Waals surface area contributed by atoms with Crippen LogP contribution in [0.15, 0.2) is 115 Å². The van der Waals surface area contributed by atoms with E-state index in [1.54, 1.807) is 0 Å². The van der Waals surface area contributed by atoms with Crippen LogP contribution >= 0.6 is 8.58 Å². The van der Waals surface area contributed by atoms with Crippen molar-refractivity contribution in [3.63, 3.8) is 0 Å². The molecule has 0 saturated heterocycles. The van der Waals surface area contributed by atoms with Gasteiger partial charge in [-0.1, -0.05) is 72.3 Å². The van der Waals surface area contributed by atoms with Crippen LogP contribution in [-0.4, -0.2) is 24.4 Å². The number of hydrogen-bond donors (Lipinski definition) is 0. The van der Waals surface area contributed by atoms with E-state index in [4.69, 9.17) is 14.2 Å². The van der Waals surface area contributed by atoms with Crippen LogP contribution in [0, 0.1) is 20.8 Å². The summed E-state index contributed by atoms with van der Waals surface area (Å²) in [6.45, 7) is 6.01. The van der Waals surface area contributed by atoms with Gasteiger partial charge in [0, 0.05) is 36.6 Å². The molecule has 0 aliphatic carbocycles. The summed E-state index contributed by atoms with van der Waals surface area (Å²) in [6.07, 6.45) is 0. The molecule has 5 rings (SSSR count). The summed E-state index contributed by atoms with van der Waals surface area (Å²) < 4.78 is 18.9. The van der Waals surface area contributed by atoms with Crippen LogP contribution in [0.3, 0.4) is 0 Å². The Kier molecular flexibility index (Phi) is 9.86. The van der Waals surface area contributed by atoms with E-state index in [0.29, 0.717) is 39.8 Å². The summed E-state index contributed by atoms with van der Waals surface area (Å²) in [4.78, 5) is 13.8. The van der Waals surface area contributed by atoms with Crippen LogP contribution in [-0.2, 0) is 0 Å². The molecular weight excluding hydrogens is 510 g/mol. The predicted molar refractivity (Wildman–Crippen MR) is 165 cm³/mol. The third-order valence-electron chi connectivity index (χ3n) is 6.10. The molecule has 40 heavy (non-hydrogen) atoms. The molecule has 0 spiro atoms. The Balaban J connectivity index is 0.00000370. The first-order valence-corrected chi connectivity index (χ1v) is 13.7. The van der Waals surface area contributed by atoms with Crippen LogP contribution in [0.1, 0.15) is 27.0 Å². The molecule has 4 nitrogen and oxygen atoms in total. The van der Waals surface area contributed by atoms with E-state index in [9.17, 15) is 4.79 Å². The van der Waals surface area contributed by atoms with Gasteiger partial charge < -0.3 is 14.2 Å². The van der Waals surface area contributed by atoms with Gasteiger partial charge in [-0.15, -0.1) is 0 Å². The number of aryl methyl sites for hydroxylation is 3. The molecule has 0 amide bonds. The fourth-order valence-electron chi connectivity index (χ4n) is 4.48. The Hall–Kier alpha value is -3.80. The SMILES string of the molecule is Cc1cc(C)c(C(=O)Pc2c(Oc3ccccc3)cc(Oc3ccccc3)cc2Oc2ccccc2)c(C)c1.[Li]. The van der Waals surface area contributed by atoms with Crippen molar-refractivity contribution < 1.29 is 19.0 Å². The zero-order chi connectivity index (χ0) is 27.2. The number of rotatable bonds is 9. The fraction of sp³-hybridized carbons (Fsp3) is 0.0882. The van der Waals surface area contributed by atoms with Gasteiger partial charge in [-0.05, 0) is 76.9 Å². The third kappa shape index (κ3) is 7.23. The molecule has 1 radical (unpaired) electrons. The molecule has 6 heteroatoms. The molecule has 1 unspecified atom stereocenters. The quantitative estimate of drug-likeness (QED) is 0.139. The van der Waals surface area contributed by atoms with Crippen LogP contribution in [0.2, 0.25) is 0 Å². The standard InChI is InChI=1S/C34H29O4P.Li/c1-23-19-24(2)32(25(3)20-23)34(35)39-33-30(37-27-15-9-5-10-16-27)21-29(36-26-13-7-4-8-14-26)22-31(33)38-28-17-11-6-12-18-28;/h4-22,39H,1-3H3;. The van der Waals surface area contributed by atoms with Crippen molar-refractivity contribution in [2.75, 3.05) is 0 Å². The van der Waals surface area contributed by atoms with Gasteiger partial charge in [0.2, 0.25) is 0 Å². The maximum atomic E-state index is 13.8. The average molecular weight is 540 g/mol. The molecule has 0 aliphatic heterocycles. The zero-order valence-electron chi connectivity index (χ0n) is 23.1. The number of ether oxygens (including phenoxy) is 3. The summed E-state index contributed by atoms with van der Waals surface area (Å²) in [6, 6.07) is 36.3. The Morgan fingerprint density at radius 3 is 1.38 bits per heavy atom. The normalized spacial score (nSPS) is 10.7. The minimum Gasteiger partial charge on any atom is -0.457 e. The Labute approximate surface area is 249 Å². The van der Waals surface area contributed by atoms with E-state index < -0.39 is 0 Å². The number of carbonyl (C=O) groups is 1. The van der Waals surface area contributed by atoms with Gasteiger partial charge in [0.05, 0.1) is 5.30 Å². The molecule has 195 valence electrons. The summed E-state index contributed by atoms with van der Waals surface area (Å²) in [7, 11) is -0.234. The molecule has 1 atom stereocenters. The fourth-order valence-corrected chi connectivity index (χ4v) is 5.72. The van der Waals surface area contributed by atoms with Crippen molar-refractivity contribution in [2.24, 2.45) is 0 Å². The van der Waals surface area contributed by atoms with Gasteiger partial charge in [-0.3, -0.25) is 4.79 Å². The molecule has 5 aromatic carbocycles. The molecule has 0 N–H and O–H groups in total. The average Bonchev–Trinajstić information content (AvgIpc) is 2.92. The molecule has 0 saturated carbocycles. The molecule has 0 aromatic heterocycles. The van der Waals surface area contributed by atoms with Crippen molar-refractivity contribution in [1.82, 2.24) is 0 Å². The van der Waals surface area contributed by atoms with Crippen LogP contribution in [0.5, 0.6) is 34.5 Å². The third-order valence-corrected chi connectivity index (χ3v) is 7.32. The molecule has 0 heterocycles. The van der Waals surface area contributed by atoms with Crippen molar-refractivity contribution in [3.05, 3.63) is 138 Å². The van der Waals surface area contributed by atoms with E-state index in [2.05, 4.69) is 0 Å². The molecule has 0 aliphatic rings. The number of carbonyl (C=O) groups excluding carboxylic acids is 1. The predicted octanol–water partition coefficient (Wildman–Crippen LogP) is 8.75. The second kappa shape index (κ2) is 13.5. The Morgan fingerprint density at radius 2 is 0.950 bits per heavy atom. The number of benzene rings is 5. The largest absolute Gasteiger partial charge is 0.457 e. The summed E-state index contributed by atoms with van der Waals surface area (Å²) in [5, 5.41) is 0.674. The number of para-hydroxylation sites is 3. The number of hydrogen-bond acceptors (Lipinski definition) is 4. The Morgan fingerprint density at radius 1 is 0.550 bits per heavy atom. The first kappa shape index (κ1) is 29.2. The van der Waals surface area contributed by atoms with Crippen LogP contribution in [0.25, 0.3) is 0 Å². The molecule has 5 aromatic rings. The molecular formula is C34H29LiO4P. The molecule has 0 fully saturated rings.